The van der Waals surface area contributed by atoms with E-state index in [4.69, 9.17) is 5.26 Å². The van der Waals surface area contributed by atoms with Crippen molar-refractivity contribution in [2.24, 2.45) is 10.9 Å². The first-order chi connectivity index (χ1) is 8.83. The topological polar surface area (TPSA) is 60.2 Å². The van der Waals surface area contributed by atoms with Crippen LogP contribution in [0.3, 0.4) is 0 Å². The smallest absolute Gasteiger partial charge is 0.183 e. The third-order valence-corrected chi connectivity index (χ3v) is 3.34. The Morgan fingerprint density at radius 3 is 2.94 bits per heavy atom. The van der Waals surface area contributed by atoms with E-state index in [0.29, 0.717) is 5.17 Å². The van der Waals surface area contributed by atoms with Crippen molar-refractivity contribution in [1.82, 2.24) is 5.32 Å². The van der Waals surface area contributed by atoms with Gasteiger partial charge in [0.15, 0.2) is 11.4 Å². The van der Waals surface area contributed by atoms with Crippen molar-refractivity contribution in [2.45, 2.75) is 12.8 Å². The molecule has 0 aromatic heterocycles. The van der Waals surface area contributed by atoms with Gasteiger partial charge in [-0.3, -0.25) is 5.32 Å². The SMILES string of the molecule is CSC(=Nc1ccccc1NCC1CC1)NC#N. The maximum atomic E-state index is 8.63. The summed E-state index contributed by atoms with van der Waals surface area (Å²) in [7, 11) is 0. The molecule has 0 atom stereocenters. The summed E-state index contributed by atoms with van der Waals surface area (Å²) in [6, 6.07) is 7.91. The van der Waals surface area contributed by atoms with Crippen LogP contribution in [0, 0.1) is 17.4 Å². The van der Waals surface area contributed by atoms with Crippen LogP contribution in [0.5, 0.6) is 0 Å². The first-order valence-electron chi connectivity index (χ1n) is 5.94. The van der Waals surface area contributed by atoms with Crippen LogP contribution in [0.1, 0.15) is 12.8 Å². The molecule has 0 radical (unpaired) electrons. The number of thioether (sulfide) groups is 1. The standard InChI is InChI=1S/C13H16N4S/c1-18-13(16-9-14)17-12-5-3-2-4-11(12)15-8-10-6-7-10/h2-5,10,15H,6-8H2,1H3,(H,16,17). The highest BCUT2D eigenvalue weighted by Crippen LogP contribution is 2.31. The van der Waals surface area contributed by atoms with Gasteiger partial charge in [0, 0.05) is 6.54 Å². The molecule has 0 spiro atoms. The molecule has 0 heterocycles. The molecule has 2 N–H and O–H groups in total. The van der Waals surface area contributed by atoms with Crippen LogP contribution in [0.15, 0.2) is 29.3 Å². The highest BCUT2D eigenvalue weighted by molar-refractivity contribution is 8.13. The lowest BCUT2D eigenvalue weighted by atomic mass is 10.2. The van der Waals surface area contributed by atoms with Crippen molar-refractivity contribution < 1.29 is 0 Å². The maximum Gasteiger partial charge on any atom is 0.183 e. The van der Waals surface area contributed by atoms with Gasteiger partial charge in [0.2, 0.25) is 0 Å². The number of nitrogens with one attached hydrogen (secondary N) is 2. The second-order valence-electron chi connectivity index (χ2n) is 4.20. The molecule has 0 saturated heterocycles. The van der Waals surface area contributed by atoms with E-state index in [1.807, 2.05) is 36.7 Å². The van der Waals surface area contributed by atoms with E-state index >= 15 is 0 Å². The molecule has 5 heteroatoms. The Morgan fingerprint density at radius 2 is 2.28 bits per heavy atom. The number of rotatable bonds is 4. The summed E-state index contributed by atoms with van der Waals surface area (Å²) in [6.45, 7) is 1.01. The normalized spacial score (nSPS) is 15.0. The number of anilines is 1. The number of aliphatic imine (C=N–C) groups is 1. The third-order valence-electron chi connectivity index (χ3n) is 2.76. The summed E-state index contributed by atoms with van der Waals surface area (Å²) in [5.74, 6) is 0.819. The average Bonchev–Trinajstić information content (AvgIpc) is 3.21. The Morgan fingerprint density at radius 1 is 1.50 bits per heavy atom. The lowest BCUT2D eigenvalue weighted by Gasteiger charge is -2.09. The lowest BCUT2D eigenvalue weighted by molar-refractivity contribution is 0.889. The zero-order chi connectivity index (χ0) is 12.8. The van der Waals surface area contributed by atoms with Crippen molar-refractivity contribution >= 4 is 28.3 Å². The molecule has 94 valence electrons. The zero-order valence-corrected chi connectivity index (χ0v) is 11.1. The molecule has 1 aliphatic rings. The largest absolute Gasteiger partial charge is 0.383 e. The lowest BCUT2D eigenvalue weighted by Crippen LogP contribution is -2.12. The first kappa shape index (κ1) is 12.8. The molecule has 4 nitrogen and oxygen atoms in total. The monoisotopic (exact) mass is 260 g/mol. The molecule has 0 bridgehead atoms. The second kappa shape index (κ2) is 6.31. The van der Waals surface area contributed by atoms with E-state index in [1.165, 1.54) is 24.6 Å². The van der Waals surface area contributed by atoms with Crippen LogP contribution in [-0.4, -0.2) is 18.0 Å². The van der Waals surface area contributed by atoms with Crippen molar-refractivity contribution in [1.29, 1.82) is 5.26 Å². The minimum absolute atomic E-state index is 0.609. The van der Waals surface area contributed by atoms with Gasteiger partial charge in [0.25, 0.3) is 0 Å². The van der Waals surface area contributed by atoms with Gasteiger partial charge in [0.1, 0.15) is 0 Å². The van der Waals surface area contributed by atoms with E-state index in [0.717, 1.165) is 23.8 Å². The van der Waals surface area contributed by atoms with Crippen LogP contribution < -0.4 is 10.6 Å². The Bertz CT molecular complexity index is 474. The summed E-state index contributed by atoms with van der Waals surface area (Å²) in [5, 5.41) is 15.2. The summed E-state index contributed by atoms with van der Waals surface area (Å²) in [6.07, 6.45) is 6.44. The van der Waals surface area contributed by atoms with Gasteiger partial charge in [-0.15, -0.1) is 0 Å². The third kappa shape index (κ3) is 3.67. The number of amidine groups is 1. The molecule has 1 aromatic rings. The highest BCUT2D eigenvalue weighted by atomic mass is 32.2. The Labute approximate surface area is 111 Å². The predicted molar refractivity (Wildman–Crippen MR) is 77.0 cm³/mol. The Hall–Kier alpha value is -1.67. The van der Waals surface area contributed by atoms with Crippen LogP contribution >= 0.6 is 11.8 Å². The maximum absolute atomic E-state index is 8.63. The quantitative estimate of drug-likeness (QED) is 0.378. The molecular formula is C13H16N4S. The number of para-hydroxylation sites is 2. The van der Waals surface area contributed by atoms with Crippen LogP contribution in [-0.2, 0) is 0 Å². The van der Waals surface area contributed by atoms with E-state index in [2.05, 4.69) is 15.6 Å². The number of hydrogen-bond donors (Lipinski definition) is 2. The van der Waals surface area contributed by atoms with E-state index in [-0.39, 0.29) is 0 Å². The molecule has 0 amide bonds. The van der Waals surface area contributed by atoms with E-state index < -0.39 is 0 Å². The molecule has 1 fully saturated rings. The van der Waals surface area contributed by atoms with Crippen LogP contribution in [0.25, 0.3) is 0 Å². The van der Waals surface area contributed by atoms with Crippen LogP contribution in [0.2, 0.25) is 0 Å². The van der Waals surface area contributed by atoms with Gasteiger partial charge in [-0.25, -0.2) is 4.99 Å². The summed E-state index contributed by atoms with van der Waals surface area (Å²) < 4.78 is 0. The van der Waals surface area contributed by atoms with E-state index in [9.17, 15) is 0 Å². The Balaban J connectivity index is 2.12. The van der Waals surface area contributed by atoms with Crippen LogP contribution in [0.4, 0.5) is 11.4 Å². The molecule has 0 unspecified atom stereocenters. The first-order valence-corrected chi connectivity index (χ1v) is 7.16. The molecule has 2 rings (SSSR count). The summed E-state index contributed by atoms with van der Waals surface area (Å²) in [5.41, 5.74) is 1.89. The van der Waals surface area contributed by atoms with Gasteiger partial charge in [-0.2, -0.15) is 5.26 Å². The van der Waals surface area contributed by atoms with Gasteiger partial charge >= 0.3 is 0 Å². The molecule has 1 saturated carbocycles. The molecule has 1 aromatic carbocycles. The van der Waals surface area contributed by atoms with Gasteiger partial charge in [0.05, 0.1) is 11.4 Å². The minimum atomic E-state index is 0.609. The van der Waals surface area contributed by atoms with Gasteiger partial charge < -0.3 is 5.32 Å². The Kier molecular flexibility index (Phi) is 4.48. The van der Waals surface area contributed by atoms with E-state index in [1.54, 1.807) is 0 Å². The molecule has 0 aliphatic heterocycles. The fraction of sp³-hybridized carbons (Fsp3) is 0.385. The molecule has 1 aliphatic carbocycles. The average molecular weight is 260 g/mol. The zero-order valence-electron chi connectivity index (χ0n) is 10.3. The number of benzene rings is 1. The number of nitrogens with zero attached hydrogens (tertiary/aromatic N) is 2. The summed E-state index contributed by atoms with van der Waals surface area (Å²) >= 11 is 1.42. The highest BCUT2D eigenvalue weighted by Gasteiger charge is 2.20. The summed E-state index contributed by atoms with van der Waals surface area (Å²) in [4.78, 5) is 4.45. The molecular weight excluding hydrogens is 244 g/mol. The second-order valence-corrected chi connectivity index (χ2v) is 4.99. The van der Waals surface area contributed by atoms with Crippen molar-refractivity contribution in [3.8, 4) is 6.19 Å². The van der Waals surface area contributed by atoms with Crippen molar-refractivity contribution in [3.05, 3.63) is 24.3 Å². The fourth-order valence-electron chi connectivity index (χ4n) is 1.58. The fourth-order valence-corrected chi connectivity index (χ4v) is 1.92. The van der Waals surface area contributed by atoms with Crippen molar-refractivity contribution in [3.63, 3.8) is 0 Å². The van der Waals surface area contributed by atoms with Crippen molar-refractivity contribution in [2.75, 3.05) is 18.1 Å². The number of hydrogen-bond acceptors (Lipinski definition) is 4. The molecule has 18 heavy (non-hydrogen) atoms. The number of nitriles is 1. The minimum Gasteiger partial charge on any atom is -0.383 e. The van der Waals surface area contributed by atoms with Gasteiger partial charge in [-0.1, -0.05) is 23.9 Å². The predicted octanol–water partition coefficient (Wildman–Crippen LogP) is 2.93. The van der Waals surface area contributed by atoms with Gasteiger partial charge in [-0.05, 0) is 37.1 Å².